The van der Waals surface area contributed by atoms with E-state index in [1.165, 1.54) is 20.2 Å². The first kappa shape index (κ1) is 17.3. The Kier molecular flexibility index (Phi) is 5.58. The smallest absolute Gasteiger partial charge is 0.244 e. The van der Waals surface area contributed by atoms with E-state index in [4.69, 9.17) is 11.0 Å². The monoisotopic (exact) mass is 310 g/mol. The van der Waals surface area contributed by atoms with Crippen molar-refractivity contribution in [3.05, 3.63) is 18.2 Å². The molecule has 2 N–H and O–H groups in total. The van der Waals surface area contributed by atoms with Crippen LogP contribution < -0.4 is 10.6 Å². The molecule has 1 atom stereocenters. The molecule has 0 saturated heterocycles. The Morgan fingerprint density at radius 2 is 2.00 bits per heavy atom. The maximum absolute atomic E-state index is 12.3. The zero-order valence-corrected chi connectivity index (χ0v) is 13.7. The predicted molar refractivity (Wildman–Crippen MR) is 84.4 cm³/mol. The number of hydrogen-bond acceptors (Lipinski definition) is 5. The van der Waals surface area contributed by atoms with Crippen LogP contribution in [0.15, 0.2) is 23.1 Å². The maximum atomic E-state index is 12.3. The van der Waals surface area contributed by atoms with Gasteiger partial charge in [0, 0.05) is 27.2 Å². The summed E-state index contributed by atoms with van der Waals surface area (Å²) in [5.74, 6) is -0.168. The third kappa shape index (κ3) is 3.65. The zero-order chi connectivity index (χ0) is 16.2. The minimum absolute atomic E-state index is 0.0908. The molecular formula is C14H22N4O2S. The Bertz CT molecular complexity index is 635. The Labute approximate surface area is 126 Å². The largest absolute Gasteiger partial charge is 0.396 e. The SMILES string of the molecule is CCN(CC(C)C#N)c1cccc(S(=O)(=O)N(C)C)c1N. The summed E-state index contributed by atoms with van der Waals surface area (Å²) in [6.45, 7) is 4.90. The van der Waals surface area contributed by atoms with E-state index in [9.17, 15) is 8.42 Å². The molecule has 0 aromatic heterocycles. The van der Waals surface area contributed by atoms with Gasteiger partial charge in [0.05, 0.1) is 23.4 Å². The molecule has 21 heavy (non-hydrogen) atoms. The Morgan fingerprint density at radius 1 is 1.38 bits per heavy atom. The highest BCUT2D eigenvalue weighted by Crippen LogP contribution is 2.31. The lowest BCUT2D eigenvalue weighted by molar-refractivity contribution is 0.521. The van der Waals surface area contributed by atoms with E-state index in [0.29, 0.717) is 18.8 Å². The van der Waals surface area contributed by atoms with E-state index in [-0.39, 0.29) is 16.5 Å². The Hall–Kier alpha value is -1.78. The van der Waals surface area contributed by atoms with Crippen molar-refractivity contribution in [2.75, 3.05) is 37.8 Å². The molecule has 1 aromatic carbocycles. The normalized spacial score (nSPS) is 13.0. The molecule has 1 rings (SSSR count). The van der Waals surface area contributed by atoms with Gasteiger partial charge in [0.1, 0.15) is 4.90 Å². The first-order valence-electron chi connectivity index (χ1n) is 6.71. The van der Waals surface area contributed by atoms with Crippen LogP contribution in [0.3, 0.4) is 0 Å². The quantitative estimate of drug-likeness (QED) is 0.804. The summed E-state index contributed by atoms with van der Waals surface area (Å²) in [5.41, 5.74) is 6.93. The highest BCUT2D eigenvalue weighted by molar-refractivity contribution is 7.89. The highest BCUT2D eigenvalue weighted by Gasteiger charge is 2.23. The van der Waals surface area contributed by atoms with Gasteiger partial charge < -0.3 is 10.6 Å². The van der Waals surface area contributed by atoms with Gasteiger partial charge in [-0.2, -0.15) is 5.26 Å². The van der Waals surface area contributed by atoms with E-state index in [1.807, 2.05) is 18.7 Å². The molecule has 0 spiro atoms. The Morgan fingerprint density at radius 3 is 2.48 bits per heavy atom. The number of benzene rings is 1. The molecule has 0 amide bonds. The fraction of sp³-hybridized carbons (Fsp3) is 0.500. The third-order valence-corrected chi connectivity index (χ3v) is 5.11. The van der Waals surface area contributed by atoms with Crippen molar-refractivity contribution in [1.29, 1.82) is 5.26 Å². The van der Waals surface area contributed by atoms with Gasteiger partial charge in [-0.3, -0.25) is 0 Å². The second-order valence-electron chi connectivity index (χ2n) is 5.05. The summed E-state index contributed by atoms with van der Waals surface area (Å²) >= 11 is 0. The number of nitrogens with zero attached hydrogens (tertiary/aromatic N) is 3. The number of hydrogen-bond donors (Lipinski definition) is 1. The number of rotatable bonds is 6. The van der Waals surface area contributed by atoms with Crippen LogP contribution in [0.4, 0.5) is 11.4 Å². The molecule has 1 unspecified atom stereocenters. The molecule has 0 radical (unpaired) electrons. The lowest BCUT2D eigenvalue weighted by Gasteiger charge is -2.27. The van der Waals surface area contributed by atoms with E-state index in [1.54, 1.807) is 12.1 Å². The molecular weight excluding hydrogens is 288 g/mol. The van der Waals surface area contributed by atoms with Crippen molar-refractivity contribution in [2.45, 2.75) is 18.7 Å². The lowest BCUT2D eigenvalue weighted by atomic mass is 10.1. The van der Waals surface area contributed by atoms with Gasteiger partial charge in [-0.25, -0.2) is 12.7 Å². The minimum atomic E-state index is -3.59. The predicted octanol–water partition coefficient (Wildman–Crippen LogP) is 1.51. The second kappa shape index (κ2) is 6.78. The third-order valence-electron chi connectivity index (χ3n) is 3.24. The number of nitrogens with two attached hydrogens (primary N) is 1. The van der Waals surface area contributed by atoms with Gasteiger partial charge in [-0.05, 0) is 26.0 Å². The van der Waals surface area contributed by atoms with E-state index >= 15 is 0 Å². The van der Waals surface area contributed by atoms with Gasteiger partial charge in [-0.15, -0.1) is 0 Å². The topological polar surface area (TPSA) is 90.4 Å². The number of para-hydroxylation sites is 1. The molecule has 0 saturated carbocycles. The molecule has 0 aliphatic heterocycles. The fourth-order valence-electron chi connectivity index (χ4n) is 2.00. The van der Waals surface area contributed by atoms with Crippen LogP contribution in [0, 0.1) is 17.2 Å². The van der Waals surface area contributed by atoms with Crippen LogP contribution in [-0.2, 0) is 10.0 Å². The molecule has 0 aliphatic carbocycles. The van der Waals surface area contributed by atoms with Gasteiger partial charge >= 0.3 is 0 Å². The van der Waals surface area contributed by atoms with Crippen molar-refractivity contribution in [2.24, 2.45) is 5.92 Å². The van der Waals surface area contributed by atoms with Crippen molar-refractivity contribution in [3.63, 3.8) is 0 Å². The first-order chi connectivity index (χ1) is 9.75. The van der Waals surface area contributed by atoms with Gasteiger partial charge in [-0.1, -0.05) is 6.07 Å². The van der Waals surface area contributed by atoms with E-state index in [2.05, 4.69) is 6.07 Å². The number of nitrogen functional groups attached to an aromatic ring is 1. The summed E-state index contributed by atoms with van der Waals surface area (Å²) in [4.78, 5) is 2.01. The second-order valence-corrected chi connectivity index (χ2v) is 7.17. The average molecular weight is 310 g/mol. The number of anilines is 2. The van der Waals surface area contributed by atoms with Crippen LogP contribution in [0.25, 0.3) is 0 Å². The van der Waals surface area contributed by atoms with Crippen LogP contribution in [0.5, 0.6) is 0 Å². The van der Waals surface area contributed by atoms with Crippen molar-refractivity contribution >= 4 is 21.4 Å². The van der Waals surface area contributed by atoms with Crippen LogP contribution in [0.2, 0.25) is 0 Å². The van der Waals surface area contributed by atoms with E-state index < -0.39 is 10.0 Å². The summed E-state index contributed by atoms with van der Waals surface area (Å²) < 4.78 is 25.7. The molecule has 1 aromatic rings. The number of sulfonamides is 1. The zero-order valence-electron chi connectivity index (χ0n) is 12.9. The molecule has 0 fully saturated rings. The molecule has 6 nitrogen and oxygen atoms in total. The van der Waals surface area contributed by atoms with Crippen LogP contribution in [-0.4, -0.2) is 39.9 Å². The summed E-state index contributed by atoms with van der Waals surface area (Å²) in [5, 5.41) is 8.94. The maximum Gasteiger partial charge on any atom is 0.244 e. The first-order valence-corrected chi connectivity index (χ1v) is 8.15. The van der Waals surface area contributed by atoms with E-state index in [0.717, 1.165) is 4.31 Å². The van der Waals surface area contributed by atoms with Crippen molar-refractivity contribution in [3.8, 4) is 6.07 Å². The summed E-state index contributed by atoms with van der Waals surface area (Å²) in [6.07, 6.45) is 0. The Balaban J connectivity index is 3.31. The van der Waals surface area contributed by atoms with Gasteiger partial charge in [0.25, 0.3) is 0 Å². The standard InChI is InChI=1S/C14H22N4O2S/c1-5-18(10-11(2)9-15)12-7-6-8-13(14(12)16)21(19,20)17(3)4/h6-8,11H,5,10,16H2,1-4H3. The molecule has 0 bridgehead atoms. The summed E-state index contributed by atoms with van der Waals surface area (Å²) in [6, 6.07) is 7.11. The highest BCUT2D eigenvalue weighted by atomic mass is 32.2. The molecule has 0 heterocycles. The van der Waals surface area contributed by atoms with Gasteiger partial charge in [0.2, 0.25) is 10.0 Å². The van der Waals surface area contributed by atoms with Crippen LogP contribution >= 0.6 is 0 Å². The van der Waals surface area contributed by atoms with Crippen molar-refractivity contribution in [1.82, 2.24) is 4.31 Å². The van der Waals surface area contributed by atoms with Crippen LogP contribution in [0.1, 0.15) is 13.8 Å². The molecule has 0 aliphatic rings. The lowest BCUT2D eigenvalue weighted by Crippen LogP contribution is -2.29. The molecule has 116 valence electrons. The molecule has 7 heteroatoms. The average Bonchev–Trinajstić information content (AvgIpc) is 2.44. The van der Waals surface area contributed by atoms with Crippen molar-refractivity contribution < 1.29 is 8.42 Å². The number of nitriles is 1. The fourth-order valence-corrected chi connectivity index (χ4v) is 3.03. The minimum Gasteiger partial charge on any atom is -0.396 e. The summed E-state index contributed by atoms with van der Waals surface area (Å²) in [7, 11) is -0.651. The van der Waals surface area contributed by atoms with Gasteiger partial charge in [0.15, 0.2) is 0 Å².